The number of nitrogens with zero attached hydrogens (tertiary/aromatic N) is 1. The summed E-state index contributed by atoms with van der Waals surface area (Å²) in [5.41, 5.74) is 1.14. The Morgan fingerprint density at radius 2 is 1.76 bits per heavy atom. The van der Waals surface area contributed by atoms with Crippen molar-refractivity contribution in [2.45, 2.75) is 57.0 Å². The van der Waals surface area contributed by atoms with E-state index in [2.05, 4.69) is 12.2 Å². The molecule has 4 nitrogen and oxygen atoms in total. The molecule has 0 amide bonds. The molecule has 1 atom stereocenters. The van der Waals surface area contributed by atoms with Crippen LogP contribution in [0.4, 0.5) is 0 Å². The molecule has 5 heteroatoms. The highest BCUT2D eigenvalue weighted by Crippen LogP contribution is 2.24. The average molecular weight is 310 g/mol. The molecule has 1 N–H and O–H groups in total. The van der Waals surface area contributed by atoms with Gasteiger partial charge in [-0.05, 0) is 37.5 Å². The minimum atomic E-state index is -3.35. The highest BCUT2D eigenvalue weighted by atomic mass is 32.2. The molecule has 0 aromatic heterocycles. The van der Waals surface area contributed by atoms with Crippen LogP contribution in [0.15, 0.2) is 29.2 Å². The van der Waals surface area contributed by atoms with Gasteiger partial charge in [0.25, 0.3) is 0 Å². The van der Waals surface area contributed by atoms with E-state index in [1.54, 1.807) is 12.1 Å². The van der Waals surface area contributed by atoms with Gasteiger partial charge >= 0.3 is 0 Å². The second kappa shape index (κ2) is 6.90. The van der Waals surface area contributed by atoms with E-state index in [0.717, 1.165) is 5.56 Å². The maximum atomic E-state index is 12.4. The number of hydrogen-bond donors (Lipinski definition) is 1. The zero-order valence-corrected chi connectivity index (χ0v) is 14.0. The summed E-state index contributed by atoms with van der Waals surface area (Å²) in [5, 5.41) is 3.58. The first-order valence-corrected chi connectivity index (χ1v) is 9.29. The fourth-order valence-corrected chi connectivity index (χ4v) is 4.12. The summed E-state index contributed by atoms with van der Waals surface area (Å²) in [6, 6.07) is 8.18. The van der Waals surface area contributed by atoms with E-state index in [9.17, 15) is 8.42 Å². The summed E-state index contributed by atoms with van der Waals surface area (Å²) >= 11 is 0. The number of hydrogen-bond acceptors (Lipinski definition) is 3. The van der Waals surface area contributed by atoms with Gasteiger partial charge in [-0.15, -0.1) is 0 Å². The SMILES string of the molecule is CCN(CC)S(=O)(=O)c1ccc([C@@H](C)NC2CCC2)cc1. The van der Waals surface area contributed by atoms with Crippen LogP contribution >= 0.6 is 0 Å². The molecule has 1 aromatic carbocycles. The molecule has 1 aromatic rings. The van der Waals surface area contributed by atoms with Gasteiger partial charge in [0.05, 0.1) is 4.90 Å². The Bertz CT molecular complexity index is 546. The maximum Gasteiger partial charge on any atom is 0.243 e. The van der Waals surface area contributed by atoms with Gasteiger partial charge in [-0.3, -0.25) is 0 Å². The Kier molecular flexibility index (Phi) is 5.41. The van der Waals surface area contributed by atoms with E-state index >= 15 is 0 Å². The normalized spacial score (nSPS) is 17.7. The molecule has 0 saturated heterocycles. The summed E-state index contributed by atoms with van der Waals surface area (Å²) in [6.07, 6.45) is 3.81. The first-order chi connectivity index (χ1) is 9.98. The molecule has 0 radical (unpaired) electrons. The van der Waals surface area contributed by atoms with E-state index in [-0.39, 0.29) is 6.04 Å². The van der Waals surface area contributed by atoms with E-state index < -0.39 is 10.0 Å². The zero-order chi connectivity index (χ0) is 15.5. The van der Waals surface area contributed by atoms with Crippen LogP contribution in [0.1, 0.15) is 51.6 Å². The molecule has 1 aliphatic carbocycles. The summed E-state index contributed by atoms with van der Waals surface area (Å²) in [7, 11) is -3.35. The monoisotopic (exact) mass is 310 g/mol. The molecule has 1 saturated carbocycles. The molecule has 0 heterocycles. The van der Waals surface area contributed by atoms with Crippen molar-refractivity contribution in [1.29, 1.82) is 0 Å². The van der Waals surface area contributed by atoms with E-state index in [0.29, 0.717) is 24.0 Å². The Morgan fingerprint density at radius 1 is 1.19 bits per heavy atom. The Balaban J connectivity index is 2.10. The summed E-state index contributed by atoms with van der Waals surface area (Å²) in [4.78, 5) is 0.380. The lowest BCUT2D eigenvalue weighted by molar-refractivity contribution is 0.313. The predicted octanol–water partition coefficient (Wildman–Crippen LogP) is 2.92. The number of nitrogens with one attached hydrogen (secondary N) is 1. The zero-order valence-electron chi connectivity index (χ0n) is 13.2. The highest BCUT2D eigenvalue weighted by Gasteiger charge is 2.22. The summed E-state index contributed by atoms with van der Waals surface area (Å²) in [6.45, 7) is 6.85. The lowest BCUT2D eigenvalue weighted by Gasteiger charge is -2.30. The van der Waals surface area contributed by atoms with Gasteiger partial charge in [0, 0.05) is 25.2 Å². The maximum absolute atomic E-state index is 12.4. The van der Waals surface area contributed by atoms with Crippen molar-refractivity contribution in [1.82, 2.24) is 9.62 Å². The third-order valence-electron chi connectivity index (χ3n) is 4.31. The third-order valence-corrected chi connectivity index (χ3v) is 6.38. The minimum absolute atomic E-state index is 0.264. The van der Waals surface area contributed by atoms with Crippen molar-refractivity contribution in [2.75, 3.05) is 13.1 Å². The first kappa shape index (κ1) is 16.5. The number of sulfonamides is 1. The van der Waals surface area contributed by atoms with Crippen LogP contribution in [0.5, 0.6) is 0 Å². The third kappa shape index (κ3) is 3.65. The minimum Gasteiger partial charge on any atom is -0.307 e. The number of rotatable bonds is 7. The van der Waals surface area contributed by atoms with Crippen molar-refractivity contribution >= 4 is 10.0 Å². The smallest absolute Gasteiger partial charge is 0.243 e. The summed E-state index contributed by atoms with van der Waals surface area (Å²) in [5.74, 6) is 0. The lowest BCUT2D eigenvalue weighted by Crippen LogP contribution is -2.36. The van der Waals surface area contributed by atoms with Crippen molar-refractivity contribution in [3.63, 3.8) is 0 Å². The van der Waals surface area contributed by atoms with Gasteiger partial charge in [0.1, 0.15) is 0 Å². The van der Waals surface area contributed by atoms with Crippen molar-refractivity contribution in [2.24, 2.45) is 0 Å². The highest BCUT2D eigenvalue weighted by molar-refractivity contribution is 7.89. The van der Waals surface area contributed by atoms with Crippen LogP contribution in [0.25, 0.3) is 0 Å². The van der Waals surface area contributed by atoms with Crippen molar-refractivity contribution in [3.8, 4) is 0 Å². The van der Waals surface area contributed by atoms with Gasteiger partial charge in [-0.2, -0.15) is 4.31 Å². The fraction of sp³-hybridized carbons (Fsp3) is 0.625. The van der Waals surface area contributed by atoms with E-state index in [1.807, 2.05) is 26.0 Å². The van der Waals surface area contributed by atoms with Crippen LogP contribution in [0.3, 0.4) is 0 Å². The second-order valence-electron chi connectivity index (χ2n) is 5.67. The molecule has 1 aliphatic rings. The molecule has 118 valence electrons. The van der Waals surface area contributed by atoms with Crippen molar-refractivity contribution < 1.29 is 8.42 Å². The largest absolute Gasteiger partial charge is 0.307 e. The molecule has 0 spiro atoms. The Hall–Kier alpha value is -0.910. The topological polar surface area (TPSA) is 49.4 Å². The Morgan fingerprint density at radius 3 is 2.19 bits per heavy atom. The van der Waals surface area contributed by atoms with Gasteiger partial charge in [-0.25, -0.2) is 8.42 Å². The molecule has 0 bridgehead atoms. The molecule has 0 aliphatic heterocycles. The van der Waals surface area contributed by atoms with E-state index in [4.69, 9.17) is 0 Å². The molecule has 21 heavy (non-hydrogen) atoms. The van der Waals surface area contributed by atoms with Crippen molar-refractivity contribution in [3.05, 3.63) is 29.8 Å². The first-order valence-electron chi connectivity index (χ1n) is 7.85. The van der Waals surface area contributed by atoms with Gasteiger partial charge in [-0.1, -0.05) is 32.4 Å². The fourth-order valence-electron chi connectivity index (χ4n) is 2.67. The van der Waals surface area contributed by atoms with Crippen LogP contribution in [-0.4, -0.2) is 31.9 Å². The quantitative estimate of drug-likeness (QED) is 0.842. The average Bonchev–Trinajstić information content (AvgIpc) is 2.44. The second-order valence-corrected chi connectivity index (χ2v) is 7.61. The summed E-state index contributed by atoms with van der Waals surface area (Å²) < 4.78 is 26.3. The van der Waals surface area contributed by atoms with Gasteiger partial charge < -0.3 is 5.32 Å². The van der Waals surface area contributed by atoms with Crippen LogP contribution in [-0.2, 0) is 10.0 Å². The number of benzene rings is 1. The van der Waals surface area contributed by atoms with Gasteiger partial charge in [0.2, 0.25) is 10.0 Å². The van der Waals surface area contributed by atoms with Crippen LogP contribution in [0, 0.1) is 0 Å². The van der Waals surface area contributed by atoms with Gasteiger partial charge in [0.15, 0.2) is 0 Å². The molecule has 0 unspecified atom stereocenters. The molecular formula is C16H26N2O2S. The standard InChI is InChI=1S/C16H26N2O2S/c1-4-18(5-2)21(19,20)16-11-9-14(10-12-16)13(3)17-15-7-6-8-15/h9-13,15,17H,4-8H2,1-3H3/t13-/m1/s1. The molecule has 1 fully saturated rings. The van der Waals surface area contributed by atoms with Crippen LogP contribution in [0.2, 0.25) is 0 Å². The Labute approximate surface area is 128 Å². The van der Waals surface area contributed by atoms with Crippen LogP contribution < -0.4 is 5.32 Å². The van der Waals surface area contributed by atoms with E-state index in [1.165, 1.54) is 23.6 Å². The predicted molar refractivity (Wildman–Crippen MR) is 85.7 cm³/mol. The molecule has 2 rings (SSSR count). The lowest BCUT2D eigenvalue weighted by atomic mass is 9.92. The molecular weight excluding hydrogens is 284 g/mol.